The Morgan fingerprint density at radius 1 is 1.07 bits per heavy atom. The maximum atomic E-state index is 12.2. The van der Waals surface area contributed by atoms with Gasteiger partial charge in [0.1, 0.15) is 11.4 Å². The lowest BCUT2D eigenvalue weighted by Crippen LogP contribution is -2.08. The zero-order valence-corrected chi connectivity index (χ0v) is 14.3. The number of carbonyl (C=O) groups excluding carboxylic acids is 2. The number of carbonyl (C=O) groups is 2. The molecular weight excluding hydrogens is 379 g/mol. The second-order valence-electron chi connectivity index (χ2n) is 5.47. The number of aromatic amines is 1. The van der Waals surface area contributed by atoms with Crippen molar-refractivity contribution in [2.45, 2.75) is 0 Å². The lowest BCUT2D eigenvalue weighted by molar-refractivity contribution is -0.384. The fourth-order valence-electron chi connectivity index (χ4n) is 2.34. The van der Waals surface area contributed by atoms with Crippen molar-refractivity contribution >= 4 is 35.7 Å². The van der Waals surface area contributed by atoms with E-state index in [0.717, 1.165) is 0 Å². The number of hydrogen-bond donors (Lipinski definition) is 3. The number of fused-ring (bicyclic) bond motifs is 1. The first-order valence-electron chi connectivity index (χ1n) is 7.35. The predicted molar refractivity (Wildman–Crippen MR) is 92.7 cm³/mol. The van der Waals surface area contributed by atoms with Crippen LogP contribution in [0.3, 0.4) is 0 Å². The maximum Gasteiger partial charge on any atom is 0.396 e. The quantitative estimate of drug-likeness (QED) is 0.197. The van der Waals surface area contributed by atoms with Crippen molar-refractivity contribution in [3.8, 4) is 5.75 Å². The molecule has 2 aromatic carbocycles. The Balaban J connectivity index is 1.84. The third kappa shape index (κ3) is 3.93. The van der Waals surface area contributed by atoms with Crippen molar-refractivity contribution in [2.24, 2.45) is 0 Å². The van der Waals surface area contributed by atoms with Gasteiger partial charge in [-0.2, -0.15) is 0 Å². The van der Waals surface area contributed by atoms with Gasteiger partial charge in [-0.3, -0.25) is 19.5 Å². The summed E-state index contributed by atoms with van der Waals surface area (Å²) in [6, 6.07) is 10.2. The van der Waals surface area contributed by atoms with E-state index in [1.54, 1.807) is 0 Å². The highest BCUT2D eigenvalue weighted by molar-refractivity contribution is 7.70. The minimum atomic E-state index is -4.91. The number of H-pyrrole nitrogens is 1. The third-order valence-corrected chi connectivity index (χ3v) is 4.40. The normalized spacial score (nSPS) is 11.3. The van der Waals surface area contributed by atoms with Crippen LogP contribution in [0.4, 0.5) is 5.69 Å². The van der Waals surface area contributed by atoms with E-state index in [2.05, 4.69) is 4.98 Å². The predicted octanol–water partition coefficient (Wildman–Crippen LogP) is 2.61. The Bertz CT molecular complexity index is 1110. The highest BCUT2D eigenvalue weighted by atomic mass is 31.2. The van der Waals surface area contributed by atoms with Crippen LogP contribution in [0.25, 0.3) is 10.9 Å². The zero-order chi connectivity index (χ0) is 19.8. The van der Waals surface area contributed by atoms with Crippen molar-refractivity contribution in [1.82, 2.24) is 4.98 Å². The number of nitro benzene ring substituents is 1. The summed E-state index contributed by atoms with van der Waals surface area (Å²) in [5.74, 6) is -0.676. The molecule has 1 aromatic heterocycles. The average molecular weight is 390 g/mol. The van der Waals surface area contributed by atoms with E-state index >= 15 is 0 Å². The Kier molecular flexibility index (Phi) is 4.63. The average Bonchev–Trinajstić information content (AvgIpc) is 3.04. The van der Waals surface area contributed by atoms with Gasteiger partial charge in [0.2, 0.25) is 0 Å². The summed E-state index contributed by atoms with van der Waals surface area (Å²) in [5.41, 5.74) is -1.18. The lowest BCUT2D eigenvalue weighted by atomic mass is 10.2. The number of benzene rings is 2. The number of nitrogens with one attached hydrogen (secondary N) is 1. The van der Waals surface area contributed by atoms with Gasteiger partial charge in [0.05, 0.1) is 4.92 Å². The van der Waals surface area contributed by atoms with E-state index in [9.17, 15) is 24.3 Å². The molecule has 1 heterocycles. The monoisotopic (exact) mass is 390 g/mol. The van der Waals surface area contributed by atoms with Gasteiger partial charge in [-0.05, 0) is 36.4 Å². The molecule has 0 saturated carbocycles. The van der Waals surface area contributed by atoms with Gasteiger partial charge in [-0.1, -0.05) is 0 Å². The molecule has 0 atom stereocenters. The maximum absolute atomic E-state index is 12.2. The van der Waals surface area contributed by atoms with Crippen LogP contribution < -0.4 is 4.74 Å². The van der Waals surface area contributed by atoms with E-state index in [1.165, 1.54) is 48.5 Å². The van der Waals surface area contributed by atoms with Crippen molar-refractivity contribution in [3.63, 3.8) is 0 Å². The molecule has 10 nitrogen and oxygen atoms in total. The first kappa shape index (κ1) is 18.5. The standard InChI is InChI=1S/C16H11N2O8P/c19-15(26-12-4-2-11(3-5-12)18(21)22)14-8-10-7-9(1-6-13(10)17-14)16(20)27(23,24)25/h1-8,17H,(H2,23,24,25). The highest BCUT2D eigenvalue weighted by Crippen LogP contribution is 2.39. The summed E-state index contributed by atoms with van der Waals surface area (Å²) in [6.07, 6.45) is 0. The summed E-state index contributed by atoms with van der Waals surface area (Å²) in [5, 5.41) is 11.0. The Morgan fingerprint density at radius 3 is 2.33 bits per heavy atom. The number of non-ortho nitro benzene ring substituents is 1. The summed E-state index contributed by atoms with van der Waals surface area (Å²) in [7, 11) is -4.91. The number of esters is 1. The van der Waals surface area contributed by atoms with Gasteiger partial charge in [0.25, 0.3) is 11.2 Å². The van der Waals surface area contributed by atoms with Crippen molar-refractivity contribution in [1.29, 1.82) is 0 Å². The molecule has 3 aromatic rings. The third-order valence-electron chi connectivity index (χ3n) is 3.61. The Morgan fingerprint density at radius 2 is 1.74 bits per heavy atom. The number of nitrogens with zero attached hydrogens (tertiary/aromatic N) is 1. The fraction of sp³-hybridized carbons (Fsp3) is 0. The molecule has 138 valence electrons. The second kappa shape index (κ2) is 6.76. The van der Waals surface area contributed by atoms with E-state index in [0.29, 0.717) is 10.9 Å². The van der Waals surface area contributed by atoms with E-state index in [4.69, 9.17) is 14.5 Å². The van der Waals surface area contributed by atoms with Crippen LogP contribution in [0, 0.1) is 10.1 Å². The van der Waals surface area contributed by atoms with Crippen molar-refractivity contribution < 1.29 is 33.6 Å². The molecule has 3 rings (SSSR count). The number of rotatable bonds is 5. The van der Waals surface area contributed by atoms with Gasteiger partial charge >= 0.3 is 13.6 Å². The molecule has 0 aliphatic carbocycles. The fourth-order valence-corrected chi connectivity index (χ4v) is 2.82. The SMILES string of the molecule is O=C(Oc1ccc([N+](=O)[O-])cc1)c1cc2cc(C(=O)P(=O)(O)O)ccc2[nH]1. The minimum absolute atomic E-state index is 0.0316. The number of nitro groups is 1. The van der Waals surface area contributed by atoms with Gasteiger partial charge in [0, 0.05) is 28.6 Å². The first-order chi connectivity index (χ1) is 12.6. The van der Waals surface area contributed by atoms with Crippen LogP contribution in [0.15, 0.2) is 48.5 Å². The number of ether oxygens (including phenoxy) is 1. The molecule has 0 aliphatic heterocycles. The summed E-state index contributed by atoms with van der Waals surface area (Å²) < 4.78 is 16.2. The van der Waals surface area contributed by atoms with Crippen molar-refractivity contribution in [2.75, 3.05) is 0 Å². The summed E-state index contributed by atoms with van der Waals surface area (Å²) in [6.45, 7) is 0. The molecule has 0 saturated heterocycles. The minimum Gasteiger partial charge on any atom is -0.422 e. The lowest BCUT2D eigenvalue weighted by Gasteiger charge is -2.02. The molecule has 0 bridgehead atoms. The second-order valence-corrected chi connectivity index (χ2v) is 6.97. The molecule has 0 aliphatic rings. The Hall–Kier alpha value is -3.33. The van der Waals surface area contributed by atoms with Gasteiger partial charge in [-0.15, -0.1) is 0 Å². The van der Waals surface area contributed by atoms with Crippen molar-refractivity contribution in [3.05, 3.63) is 69.9 Å². The summed E-state index contributed by atoms with van der Waals surface area (Å²) in [4.78, 5) is 54.6. The zero-order valence-electron chi connectivity index (χ0n) is 13.4. The largest absolute Gasteiger partial charge is 0.422 e. The molecule has 0 fully saturated rings. The molecular formula is C16H11N2O8P. The van der Waals surface area contributed by atoms with Crippen LogP contribution in [-0.4, -0.2) is 31.2 Å². The van der Waals surface area contributed by atoms with Gasteiger partial charge in [-0.25, -0.2) is 4.79 Å². The van der Waals surface area contributed by atoms with Crippen LogP contribution >= 0.6 is 7.60 Å². The molecule has 11 heteroatoms. The first-order valence-corrected chi connectivity index (χ1v) is 8.96. The van der Waals surface area contributed by atoms with Crippen LogP contribution in [0.2, 0.25) is 0 Å². The Labute approximate surface area is 150 Å². The van der Waals surface area contributed by atoms with Crippen LogP contribution in [0.1, 0.15) is 20.8 Å². The number of aromatic nitrogens is 1. The molecule has 0 radical (unpaired) electrons. The van der Waals surface area contributed by atoms with E-state index in [1.807, 2.05) is 0 Å². The molecule has 0 unspecified atom stereocenters. The molecule has 3 N–H and O–H groups in total. The summed E-state index contributed by atoms with van der Waals surface area (Å²) >= 11 is 0. The molecule has 0 amide bonds. The topological polar surface area (TPSA) is 160 Å². The smallest absolute Gasteiger partial charge is 0.396 e. The van der Waals surface area contributed by atoms with E-state index in [-0.39, 0.29) is 22.7 Å². The molecule has 27 heavy (non-hydrogen) atoms. The van der Waals surface area contributed by atoms with E-state index < -0.39 is 24.0 Å². The number of hydrogen-bond acceptors (Lipinski definition) is 6. The van der Waals surface area contributed by atoms with Crippen LogP contribution in [0.5, 0.6) is 5.75 Å². The van der Waals surface area contributed by atoms with Gasteiger partial charge < -0.3 is 19.5 Å². The van der Waals surface area contributed by atoms with Gasteiger partial charge in [0.15, 0.2) is 0 Å². The molecule has 0 spiro atoms. The van der Waals surface area contributed by atoms with Crippen LogP contribution in [-0.2, 0) is 4.57 Å². The highest BCUT2D eigenvalue weighted by Gasteiger charge is 2.27.